The Hall–Kier alpha value is -1.17. The minimum atomic E-state index is 0.268. The summed E-state index contributed by atoms with van der Waals surface area (Å²) in [5.74, 6) is 0.268. The van der Waals surface area contributed by atoms with Crippen molar-refractivity contribution >= 4 is 22.6 Å². The molecule has 14 heavy (non-hydrogen) atoms. The minimum Gasteiger partial charge on any atom is -0.359 e. The van der Waals surface area contributed by atoms with E-state index in [1.54, 1.807) is 0 Å². The van der Waals surface area contributed by atoms with E-state index < -0.39 is 0 Å². The van der Waals surface area contributed by atoms with Gasteiger partial charge in [-0.25, -0.2) is 4.98 Å². The standard InChI is InChI=1S/C8H12N4OS/c13-7-2-1-4-12(7)5-3-9-8-10-6-11-14-8/h6H,1-5H2,(H,9,10,11). The number of aromatic nitrogens is 2. The van der Waals surface area contributed by atoms with E-state index in [1.165, 1.54) is 17.9 Å². The lowest BCUT2D eigenvalue weighted by Crippen LogP contribution is -2.29. The highest BCUT2D eigenvalue weighted by molar-refractivity contribution is 7.09. The van der Waals surface area contributed by atoms with Gasteiger partial charge < -0.3 is 10.2 Å². The predicted molar refractivity (Wildman–Crippen MR) is 54.2 cm³/mol. The molecule has 1 aliphatic heterocycles. The number of carbonyl (C=O) groups is 1. The zero-order valence-corrected chi connectivity index (χ0v) is 8.59. The Morgan fingerprint density at radius 3 is 3.21 bits per heavy atom. The van der Waals surface area contributed by atoms with Gasteiger partial charge in [0.15, 0.2) is 0 Å². The largest absolute Gasteiger partial charge is 0.359 e. The maximum Gasteiger partial charge on any atom is 0.222 e. The van der Waals surface area contributed by atoms with Gasteiger partial charge in [-0.3, -0.25) is 4.79 Å². The SMILES string of the molecule is O=C1CCCN1CCNc1ncns1. The quantitative estimate of drug-likeness (QED) is 0.793. The monoisotopic (exact) mass is 212 g/mol. The maximum atomic E-state index is 11.2. The van der Waals surface area contributed by atoms with Crippen molar-refractivity contribution in [2.75, 3.05) is 25.0 Å². The van der Waals surface area contributed by atoms with Crippen LogP contribution in [0.4, 0.5) is 5.13 Å². The Morgan fingerprint density at radius 1 is 1.64 bits per heavy atom. The van der Waals surface area contributed by atoms with Crippen LogP contribution in [0.5, 0.6) is 0 Å². The number of anilines is 1. The molecule has 1 amide bonds. The van der Waals surface area contributed by atoms with Crippen molar-refractivity contribution in [3.63, 3.8) is 0 Å². The zero-order valence-electron chi connectivity index (χ0n) is 7.77. The predicted octanol–water partition coefficient (Wildman–Crippen LogP) is 0.572. The van der Waals surface area contributed by atoms with Crippen LogP contribution in [0, 0.1) is 0 Å². The third-order valence-electron chi connectivity index (χ3n) is 2.19. The van der Waals surface area contributed by atoms with E-state index in [0.29, 0.717) is 6.42 Å². The van der Waals surface area contributed by atoms with Crippen LogP contribution in [0.2, 0.25) is 0 Å². The molecule has 0 aromatic carbocycles. The van der Waals surface area contributed by atoms with Crippen LogP contribution in [0.3, 0.4) is 0 Å². The Kier molecular flexibility index (Phi) is 2.93. The minimum absolute atomic E-state index is 0.268. The van der Waals surface area contributed by atoms with Gasteiger partial charge in [-0.15, -0.1) is 0 Å². The van der Waals surface area contributed by atoms with Gasteiger partial charge in [-0.05, 0) is 6.42 Å². The first kappa shape index (κ1) is 9.39. The lowest BCUT2D eigenvalue weighted by atomic mass is 10.4. The summed E-state index contributed by atoms with van der Waals surface area (Å²) in [5, 5.41) is 3.94. The van der Waals surface area contributed by atoms with Crippen LogP contribution in [0.15, 0.2) is 6.33 Å². The van der Waals surface area contributed by atoms with Crippen LogP contribution in [0.1, 0.15) is 12.8 Å². The second kappa shape index (κ2) is 4.36. The Bertz CT molecular complexity index is 300. The van der Waals surface area contributed by atoms with Gasteiger partial charge in [-0.2, -0.15) is 4.37 Å². The van der Waals surface area contributed by atoms with E-state index >= 15 is 0 Å². The number of amides is 1. The molecule has 1 fully saturated rings. The lowest BCUT2D eigenvalue weighted by Gasteiger charge is -2.14. The molecule has 1 saturated heterocycles. The maximum absolute atomic E-state index is 11.2. The molecule has 1 N–H and O–H groups in total. The molecule has 0 radical (unpaired) electrons. The van der Waals surface area contributed by atoms with Crippen molar-refractivity contribution in [2.45, 2.75) is 12.8 Å². The van der Waals surface area contributed by atoms with E-state index in [-0.39, 0.29) is 5.91 Å². The number of rotatable bonds is 4. The molecule has 1 aliphatic rings. The molecule has 0 unspecified atom stereocenters. The van der Waals surface area contributed by atoms with Crippen molar-refractivity contribution in [3.05, 3.63) is 6.33 Å². The van der Waals surface area contributed by atoms with Crippen LogP contribution < -0.4 is 5.32 Å². The van der Waals surface area contributed by atoms with Gasteiger partial charge in [-0.1, -0.05) is 0 Å². The van der Waals surface area contributed by atoms with E-state index in [9.17, 15) is 4.79 Å². The zero-order chi connectivity index (χ0) is 9.80. The van der Waals surface area contributed by atoms with Crippen molar-refractivity contribution in [2.24, 2.45) is 0 Å². The van der Waals surface area contributed by atoms with Gasteiger partial charge in [0.1, 0.15) is 6.33 Å². The lowest BCUT2D eigenvalue weighted by molar-refractivity contribution is -0.127. The molecule has 2 heterocycles. The number of nitrogens with zero attached hydrogens (tertiary/aromatic N) is 3. The molecule has 1 aromatic heterocycles. The van der Waals surface area contributed by atoms with Crippen molar-refractivity contribution in [3.8, 4) is 0 Å². The summed E-state index contributed by atoms with van der Waals surface area (Å²) in [7, 11) is 0. The normalized spacial score (nSPS) is 16.3. The summed E-state index contributed by atoms with van der Waals surface area (Å²) in [6.07, 6.45) is 3.23. The highest BCUT2D eigenvalue weighted by atomic mass is 32.1. The number of nitrogens with one attached hydrogen (secondary N) is 1. The topological polar surface area (TPSA) is 58.1 Å². The van der Waals surface area contributed by atoms with E-state index in [2.05, 4.69) is 14.7 Å². The fraction of sp³-hybridized carbons (Fsp3) is 0.625. The van der Waals surface area contributed by atoms with Crippen LogP contribution in [-0.2, 0) is 4.79 Å². The fourth-order valence-electron chi connectivity index (χ4n) is 1.49. The summed E-state index contributed by atoms with van der Waals surface area (Å²) >= 11 is 1.33. The summed E-state index contributed by atoms with van der Waals surface area (Å²) in [6, 6.07) is 0. The Morgan fingerprint density at radius 2 is 2.57 bits per heavy atom. The molecule has 76 valence electrons. The molecule has 0 spiro atoms. The van der Waals surface area contributed by atoms with Crippen LogP contribution in [-0.4, -0.2) is 39.8 Å². The van der Waals surface area contributed by atoms with Crippen LogP contribution in [0.25, 0.3) is 0 Å². The first-order valence-corrected chi connectivity index (χ1v) is 5.42. The van der Waals surface area contributed by atoms with Crippen molar-refractivity contribution in [1.29, 1.82) is 0 Å². The number of hydrogen-bond donors (Lipinski definition) is 1. The number of carbonyl (C=O) groups excluding carboxylic acids is 1. The average molecular weight is 212 g/mol. The highest BCUT2D eigenvalue weighted by Crippen LogP contribution is 2.09. The molecule has 6 heteroatoms. The fourth-order valence-corrected chi connectivity index (χ4v) is 1.94. The summed E-state index contributed by atoms with van der Waals surface area (Å²) in [4.78, 5) is 17.1. The first-order chi connectivity index (χ1) is 6.86. The Balaban J connectivity index is 1.70. The summed E-state index contributed by atoms with van der Waals surface area (Å²) in [5.41, 5.74) is 0. The number of hydrogen-bond acceptors (Lipinski definition) is 5. The van der Waals surface area contributed by atoms with E-state index in [4.69, 9.17) is 0 Å². The second-order valence-electron chi connectivity index (χ2n) is 3.16. The van der Waals surface area contributed by atoms with Gasteiger partial charge >= 0.3 is 0 Å². The molecule has 2 rings (SSSR count). The van der Waals surface area contributed by atoms with Crippen molar-refractivity contribution in [1.82, 2.24) is 14.3 Å². The average Bonchev–Trinajstić information content (AvgIpc) is 2.78. The molecular formula is C8H12N4OS. The summed E-state index contributed by atoms with van der Waals surface area (Å²) < 4.78 is 3.88. The molecule has 0 atom stereocenters. The third kappa shape index (κ3) is 2.20. The smallest absolute Gasteiger partial charge is 0.222 e. The van der Waals surface area contributed by atoms with Gasteiger partial charge in [0.2, 0.25) is 11.0 Å². The number of likely N-dealkylation sites (tertiary alicyclic amines) is 1. The molecule has 0 bridgehead atoms. The third-order valence-corrected chi connectivity index (χ3v) is 2.81. The highest BCUT2D eigenvalue weighted by Gasteiger charge is 2.18. The molecule has 0 saturated carbocycles. The molecular weight excluding hydrogens is 200 g/mol. The molecule has 5 nitrogen and oxygen atoms in total. The van der Waals surface area contributed by atoms with Gasteiger partial charge in [0.05, 0.1) is 0 Å². The Labute approximate surface area is 86.3 Å². The molecule has 1 aromatic rings. The first-order valence-electron chi connectivity index (χ1n) is 4.64. The second-order valence-corrected chi connectivity index (χ2v) is 3.94. The van der Waals surface area contributed by atoms with Crippen LogP contribution >= 0.6 is 11.5 Å². The van der Waals surface area contributed by atoms with E-state index in [1.807, 2.05) is 4.90 Å². The van der Waals surface area contributed by atoms with Gasteiger partial charge in [0, 0.05) is 37.6 Å². The van der Waals surface area contributed by atoms with E-state index in [0.717, 1.165) is 31.2 Å². The molecule has 0 aliphatic carbocycles. The van der Waals surface area contributed by atoms with Gasteiger partial charge in [0.25, 0.3) is 0 Å². The van der Waals surface area contributed by atoms with Crippen molar-refractivity contribution < 1.29 is 4.79 Å². The summed E-state index contributed by atoms with van der Waals surface area (Å²) in [6.45, 7) is 2.41.